The summed E-state index contributed by atoms with van der Waals surface area (Å²) >= 11 is 0. The van der Waals surface area contributed by atoms with E-state index in [4.69, 9.17) is 14.2 Å². The Balaban J connectivity index is 0.000000167. The highest BCUT2D eigenvalue weighted by molar-refractivity contribution is 5.97. The number of nitrogens with one attached hydrogen (secondary N) is 1. The number of piperidine rings is 3. The molecule has 0 bridgehead atoms. The fourth-order valence-corrected chi connectivity index (χ4v) is 10.5. The second-order valence-electron chi connectivity index (χ2n) is 24.7. The Morgan fingerprint density at radius 1 is 0.580 bits per heavy atom. The summed E-state index contributed by atoms with van der Waals surface area (Å²) in [5.74, 6) is 1.36. The van der Waals surface area contributed by atoms with Gasteiger partial charge < -0.3 is 44.0 Å². The standard InChI is InChI=1S/C23H29N3O.C20H29N3O3.C16H23N3O3.C5H10O/c27-23(21-10-11-21)26(22-9-4-13-24-16-22)18-20-8-5-14-25(17-20)15-12-19-6-2-1-3-7-19;1-20(2,3)26-19(25)22-11-5-6-15(13-22)14-23(18(24)16-8-9-16)17-7-4-10-21-12-17;1-16(2,3)22-15(21)19-9-5-6-12(11-19)14(20)18-13-7-4-8-17-10-13;1-5-3-2-4-6-5/h1-4,6-7,9,13,16,20-21H,5,8,10-12,14-15,17-18H2;4,7,10,12,15-16H,5-6,8-9,11,13-14H2,1-3H3;4,7-8,10,12H,5-6,9,11H2,1-3H3,(H,18,20);5H,2-4H2,1H3/t20-;15-;12-;/m111./s1. The third-order valence-electron chi connectivity index (χ3n) is 15.0. The molecule has 4 aliphatic heterocycles. The maximum Gasteiger partial charge on any atom is 0.410 e. The van der Waals surface area contributed by atoms with Crippen LogP contribution in [0.2, 0.25) is 0 Å². The van der Waals surface area contributed by atoms with Gasteiger partial charge in [-0.1, -0.05) is 30.3 Å². The molecular weight excluding hydrogens is 1020 g/mol. The molecular formula is C64H91N9O8. The number of rotatable bonds is 13. The van der Waals surface area contributed by atoms with E-state index in [0.717, 1.165) is 102 Å². The normalized spacial score (nSPS) is 21.0. The molecule has 1 aromatic carbocycles. The lowest BCUT2D eigenvalue weighted by Crippen LogP contribution is -2.47. The molecule has 4 atom stereocenters. The molecule has 3 aromatic heterocycles. The number of anilines is 3. The van der Waals surface area contributed by atoms with Gasteiger partial charge >= 0.3 is 12.2 Å². The van der Waals surface area contributed by atoms with Crippen LogP contribution < -0.4 is 15.1 Å². The van der Waals surface area contributed by atoms with Crippen molar-refractivity contribution in [1.29, 1.82) is 0 Å². The Labute approximate surface area is 481 Å². The van der Waals surface area contributed by atoms with Gasteiger partial charge in [0.15, 0.2) is 0 Å². The first-order valence-electron chi connectivity index (χ1n) is 29.8. The largest absolute Gasteiger partial charge is 0.444 e. The SMILES string of the molecule is CC(C)(C)OC(=O)N1CCC[C@@H](C(=O)Nc2cccnc2)C1.CC(C)(C)OC(=O)N1CCC[C@@H](CN(C(=O)C2CC2)c2cccnc2)C1.CC1CCCO1.O=C(C1CC1)N(C[C@@H]1CCCN(CCc2ccccc2)C1)c1cccnc1. The van der Waals surface area contributed by atoms with Crippen molar-refractivity contribution in [2.24, 2.45) is 29.6 Å². The van der Waals surface area contributed by atoms with Crippen molar-refractivity contribution in [3.05, 3.63) is 109 Å². The van der Waals surface area contributed by atoms with Gasteiger partial charge in [0.05, 0.1) is 47.7 Å². The number of nitrogens with zero attached hydrogens (tertiary/aromatic N) is 8. The minimum absolute atomic E-state index is 0.0822. The summed E-state index contributed by atoms with van der Waals surface area (Å²) in [6.45, 7) is 21.4. The third kappa shape index (κ3) is 21.8. The zero-order valence-electron chi connectivity index (χ0n) is 49.4. The van der Waals surface area contributed by atoms with Crippen LogP contribution in [-0.4, -0.2) is 142 Å². The monoisotopic (exact) mass is 1110 g/mol. The average molecular weight is 1110 g/mol. The predicted molar refractivity (Wildman–Crippen MR) is 317 cm³/mol. The minimum atomic E-state index is -0.526. The highest BCUT2D eigenvalue weighted by Crippen LogP contribution is 2.35. The van der Waals surface area contributed by atoms with Crippen molar-refractivity contribution in [1.82, 2.24) is 29.7 Å². The summed E-state index contributed by atoms with van der Waals surface area (Å²) in [4.78, 5) is 84.6. The molecule has 17 heteroatoms. The molecule has 0 spiro atoms. The van der Waals surface area contributed by atoms with Gasteiger partial charge in [0, 0.05) is 89.4 Å². The number of hydrogen-bond acceptors (Lipinski definition) is 12. The number of likely N-dealkylation sites (tertiary alicyclic amines) is 3. The van der Waals surface area contributed by atoms with E-state index < -0.39 is 11.2 Å². The van der Waals surface area contributed by atoms with Gasteiger partial charge in [0.25, 0.3) is 0 Å². The number of pyridine rings is 3. The molecule has 6 fully saturated rings. The topological polar surface area (TPSA) is 180 Å². The number of carbonyl (C=O) groups is 5. The third-order valence-corrected chi connectivity index (χ3v) is 15.0. The Morgan fingerprint density at radius 3 is 1.57 bits per heavy atom. The number of aromatic nitrogens is 3. The quantitative estimate of drug-likeness (QED) is 0.134. The first kappa shape index (κ1) is 62.1. The molecule has 2 saturated carbocycles. The second-order valence-corrected chi connectivity index (χ2v) is 24.7. The molecule has 81 heavy (non-hydrogen) atoms. The Morgan fingerprint density at radius 2 is 1.10 bits per heavy atom. The first-order chi connectivity index (χ1) is 38.9. The fourth-order valence-electron chi connectivity index (χ4n) is 10.5. The van der Waals surface area contributed by atoms with Crippen molar-refractivity contribution >= 4 is 47.0 Å². The van der Waals surface area contributed by atoms with Crippen LogP contribution in [0.3, 0.4) is 0 Å². The second kappa shape index (κ2) is 30.6. The molecule has 10 rings (SSSR count). The summed E-state index contributed by atoms with van der Waals surface area (Å²) in [6, 6.07) is 22.0. The summed E-state index contributed by atoms with van der Waals surface area (Å²) < 4.78 is 16.0. The van der Waals surface area contributed by atoms with Crippen LogP contribution in [-0.2, 0) is 35.0 Å². The summed E-state index contributed by atoms with van der Waals surface area (Å²) in [7, 11) is 0. The molecule has 4 aromatic rings. The summed E-state index contributed by atoms with van der Waals surface area (Å²) in [5.41, 5.74) is 2.85. The van der Waals surface area contributed by atoms with Crippen LogP contribution in [0.4, 0.5) is 26.7 Å². The van der Waals surface area contributed by atoms with Crippen LogP contribution in [0.25, 0.3) is 0 Å². The highest BCUT2D eigenvalue weighted by atomic mass is 16.6. The molecule has 7 heterocycles. The minimum Gasteiger partial charge on any atom is -0.444 e. The van der Waals surface area contributed by atoms with Gasteiger partial charge in [0.1, 0.15) is 11.2 Å². The van der Waals surface area contributed by atoms with E-state index in [9.17, 15) is 24.0 Å². The van der Waals surface area contributed by atoms with Crippen molar-refractivity contribution < 1.29 is 38.2 Å². The van der Waals surface area contributed by atoms with Gasteiger partial charge in [-0.2, -0.15) is 0 Å². The zero-order chi connectivity index (χ0) is 57.8. The lowest BCUT2D eigenvalue weighted by atomic mass is 9.96. The van der Waals surface area contributed by atoms with Crippen LogP contribution >= 0.6 is 0 Å². The summed E-state index contributed by atoms with van der Waals surface area (Å²) in [6.07, 6.45) is 23.9. The Bertz CT molecular complexity index is 2550. The van der Waals surface area contributed by atoms with Gasteiger partial charge in [-0.15, -0.1) is 0 Å². The van der Waals surface area contributed by atoms with E-state index in [1.54, 1.807) is 52.9 Å². The number of benzene rings is 1. The maximum absolute atomic E-state index is 12.9. The van der Waals surface area contributed by atoms with Crippen molar-refractivity contribution in [3.8, 4) is 0 Å². The predicted octanol–water partition coefficient (Wildman–Crippen LogP) is 11.1. The van der Waals surface area contributed by atoms with Crippen molar-refractivity contribution in [2.75, 3.05) is 80.6 Å². The molecule has 0 radical (unpaired) electrons. The van der Waals surface area contributed by atoms with E-state index in [-0.39, 0.29) is 47.7 Å². The molecule has 1 unspecified atom stereocenters. The number of amides is 5. The molecule has 440 valence electrons. The zero-order valence-corrected chi connectivity index (χ0v) is 49.4. The van der Waals surface area contributed by atoms with Gasteiger partial charge in [-0.05, 0) is 192 Å². The van der Waals surface area contributed by atoms with E-state index in [0.29, 0.717) is 49.8 Å². The Hall–Kier alpha value is -6.46. The first-order valence-corrected chi connectivity index (χ1v) is 29.8. The molecule has 1 N–H and O–H groups in total. The number of hydrogen-bond donors (Lipinski definition) is 1. The van der Waals surface area contributed by atoms with E-state index >= 15 is 0 Å². The average Bonchev–Trinajstić information content (AvgIpc) is 4.54. The van der Waals surface area contributed by atoms with Gasteiger partial charge in [-0.3, -0.25) is 29.3 Å². The van der Waals surface area contributed by atoms with E-state index in [1.807, 2.05) is 81.8 Å². The van der Waals surface area contributed by atoms with Gasteiger partial charge in [-0.25, -0.2) is 9.59 Å². The van der Waals surface area contributed by atoms with Crippen LogP contribution in [0, 0.1) is 29.6 Å². The summed E-state index contributed by atoms with van der Waals surface area (Å²) in [5, 5.41) is 2.84. The number of carbonyl (C=O) groups excluding carboxylic acids is 5. The van der Waals surface area contributed by atoms with Crippen LogP contribution in [0.15, 0.2) is 104 Å². The van der Waals surface area contributed by atoms with Crippen LogP contribution in [0.5, 0.6) is 0 Å². The molecule has 2 aliphatic carbocycles. The molecule has 6 aliphatic rings. The smallest absolute Gasteiger partial charge is 0.410 e. The lowest BCUT2D eigenvalue weighted by Gasteiger charge is -2.36. The Kier molecular flexibility index (Phi) is 23.4. The highest BCUT2D eigenvalue weighted by Gasteiger charge is 2.38. The van der Waals surface area contributed by atoms with E-state index in [2.05, 4.69) is 62.4 Å². The van der Waals surface area contributed by atoms with Gasteiger partial charge in [0.2, 0.25) is 17.7 Å². The molecule has 17 nitrogen and oxygen atoms in total. The van der Waals surface area contributed by atoms with E-state index in [1.165, 1.54) is 37.8 Å². The van der Waals surface area contributed by atoms with Crippen molar-refractivity contribution in [3.63, 3.8) is 0 Å². The molecule has 5 amide bonds. The number of ether oxygens (including phenoxy) is 3. The maximum atomic E-state index is 12.9. The van der Waals surface area contributed by atoms with Crippen molar-refractivity contribution in [2.45, 2.75) is 149 Å². The fraction of sp³-hybridized carbons (Fsp3) is 0.594. The molecule has 4 saturated heterocycles. The lowest BCUT2D eigenvalue weighted by molar-refractivity contribution is -0.121. The van der Waals surface area contributed by atoms with Crippen LogP contribution in [0.1, 0.15) is 131 Å².